The van der Waals surface area contributed by atoms with Gasteiger partial charge in [-0.25, -0.2) is 4.98 Å². The van der Waals surface area contributed by atoms with E-state index in [1.807, 2.05) is 36.4 Å². The van der Waals surface area contributed by atoms with Gasteiger partial charge in [-0.05, 0) is 36.4 Å². The molecule has 1 aromatic carbocycles. The SMILES string of the molecule is Clc1ccc(NCCSc2ncccc2Cl)cc1. The third-order valence-corrected chi connectivity index (χ3v) is 3.91. The Kier molecular flexibility index (Phi) is 5.17. The van der Waals surface area contributed by atoms with Gasteiger partial charge in [0.1, 0.15) is 5.03 Å². The van der Waals surface area contributed by atoms with Gasteiger partial charge in [-0.15, -0.1) is 11.8 Å². The lowest BCUT2D eigenvalue weighted by molar-refractivity contribution is 1.12. The van der Waals surface area contributed by atoms with Gasteiger partial charge in [0.05, 0.1) is 5.02 Å². The Bertz CT molecular complexity index is 503. The fraction of sp³-hybridized carbons (Fsp3) is 0.154. The molecule has 0 aliphatic carbocycles. The minimum atomic E-state index is 0.703. The largest absolute Gasteiger partial charge is 0.384 e. The summed E-state index contributed by atoms with van der Waals surface area (Å²) < 4.78 is 0. The summed E-state index contributed by atoms with van der Waals surface area (Å²) in [4.78, 5) is 4.22. The summed E-state index contributed by atoms with van der Waals surface area (Å²) in [5.74, 6) is 0.902. The third kappa shape index (κ3) is 4.09. The fourth-order valence-electron chi connectivity index (χ4n) is 1.39. The van der Waals surface area contributed by atoms with Gasteiger partial charge in [0.2, 0.25) is 0 Å². The van der Waals surface area contributed by atoms with Crippen molar-refractivity contribution < 1.29 is 0 Å². The van der Waals surface area contributed by atoms with Crippen LogP contribution in [0, 0.1) is 0 Å². The maximum Gasteiger partial charge on any atom is 0.115 e. The number of anilines is 1. The second-order valence-corrected chi connectivity index (χ2v) is 5.50. The smallest absolute Gasteiger partial charge is 0.115 e. The molecule has 5 heteroatoms. The van der Waals surface area contributed by atoms with Crippen LogP contribution in [0.25, 0.3) is 0 Å². The number of halogens is 2. The zero-order valence-corrected chi connectivity index (χ0v) is 11.9. The van der Waals surface area contributed by atoms with Crippen LogP contribution in [-0.4, -0.2) is 17.3 Å². The molecule has 0 bridgehead atoms. The zero-order chi connectivity index (χ0) is 12.8. The molecule has 94 valence electrons. The highest BCUT2D eigenvalue weighted by atomic mass is 35.5. The van der Waals surface area contributed by atoms with Crippen LogP contribution in [0.5, 0.6) is 0 Å². The molecule has 0 amide bonds. The number of benzene rings is 1. The molecule has 2 nitrogen and oxygen atoms in total. The first-order chi connectivity index (χ1) is 8.75. The number of nitrogens with one attached hydrogen (secondary N) is 1. The van der Waals surface area contributed by atoms with E-state index in [1.165, 1.54) is 0 Å². The molecule has 0 fully saturated rings. The predicted molar refractivity (Wildman–Crippen MR) is 79.9 cm³/mol. The first-order valence-corrected chi connectivity index (χ1v) is 7.22. The summed E-state index contributed by atoms with van der Waals surface area (Å²) in [6, 6.07) is 11.3. The van der Waals surface area contributed by atoms with Gasteiger partial charge in [-0.2, -0.15) is 0 Å². The van der Waals surface area contributed by atoms with Crippen molar-refractivity contribution in [1.29, 1.82) is 0 Å². The highest BCUT2D eigenvalue weighted by Crippen LogP contribution is 2.23. The lowest BCUT2D eigenvalue weighted by Gasteiger charge is -2.06. The number of thioether (sulfide) groups is 1. The normalized spacial score (nSPS) is 10.3. The molecule has 0 aliphatic heterocycles. The van der Waals surface area contributed by atoms with Crippen molar-refractivity contribution in [3.05, 3.63) is 52.6 Å². The molecule has 0 unspecified atom stereocenters. The second kappa shape index (κ2) is 6.88. The predicted octanol–water partition coefficient (Wildman–Crippen LogP) is 4.59. The zero-order valence-electron chi connectivity index (χ0n) is 9.57. The Morgan fingerprint density at radius 2 is 1.89 bits per heavy atom. The maximum atomic E-state index is 6.02. The van der Waals surface area contributed by atoms with Crippen LogP contribution in [0.15, 0.2) is 47.6 Å². The first-order valence-electron chi connectivity index (χ1n) is 5.48. The Morgan fingerprint density at radius 1 is 1.11 bits per heavy atom. The van der Waals surface area contributed by atoms with Gasteiger partial charge < -0.3 is 5.32 Å². The van der Waals surface area contributed by atoms with Crippen LogP contribution in [-0.2, 0) is 0 Å². The molecule has 1 aromatic heterocycles. The fourth-order valence-corrected chi connectivity index (χ4v) is 2.54. The quantitative estimate of drug-likeness (QED) is 0.645. The molecule has 2 rings (SSSR count). The maximum absolute atomic E-state index is 6.02. The van der Waals surface area contributed by atoms with Crippen molar-refractivity contribution >= 4 is 40.7 Å². The van der Waals surface area contributed by atoms with E-state index in [2.05, 4.69) is 10.3 Å². The van der Waals surface area contributed by atoms with E-state index in [0.717, 1.165) is 28.0 Å². The van der Waals surface area contributed by atoms with Crippen LogP contribution in [0.4, 0.5) is 5.69 Å². The molecule has 0 saturated heterocycles. The summed E-state index contributed by atoms with van der Waals surface area (Å²) in [7, 11) is 0. The topological polar surface area (TPSA) is 24.9 Å². The van der Waals surface area contributed by atoms with Gasteiger partial charge in [-0.1, -0.05) is 23.2 Å². The van der Waals surface area contributed by atoms with Gasteiger partial charge in [0, 0.05) is 29.2 Å². The molecule has 0 saturated carbocycles. The molecule has 1 heterocycles. The minimum absolute atomic E-state index is 0.703. The Balaban J connectivity index is 1.76. The molecule has 0 aliphatic rings. The number of hydrogen-bond donors (Lipinski definition) is 1. The number of rotatable bonds is 5. The van der Waals surface area contributed by atoms with Gasteiger partial charge in [0.15, 0.2) is 0 Å². The monoisotopic (exact) mass is 298 g/mol. The van der Waals surface area contributed by atoms with E-state index in [1.54, 1.807) is 18.0 Å². The molecular weight excluding hydrogens is 287 g/mol. The van der Waals surface area contributed by atoms with Crippen LogP contribution in [0.3, 0.4) is 0 Å². The highest BCUT2D eigenvalue weighted by Gasteiger charge is 2.00. The number of aromatic nitrogens is 1. The van der Waals surface area contributed by atoms with Crippen LogP contribution >= 0.6 is 35.0 Å². The summed E-state index contributed by atoms with van der Waals surface area (Å²) >= 11 is 13.5. The van der Waals surface area contributed by atoms with Crippen molar-refractivity contribution in [3.63, 3.8) is 0 Å². The van der Waals surface area contributed by atoms with E-state index in [-0.39, 0.29) is 0 Å². The second-order valence-electron chi connectivity index (χ2n) is 3.57. The Hall–Kier alpha value is -0.900. The van der Waals surface area contributed by atoms with E-state index >= 15 is 0 Å². The van der Waals surface area contributed by atoms with E-state index in [9.17, 15) is 0 Å². The van der Waals surface area contributed by atoms with Crippen molar-refractivity contribution in [2.24, 2.45) is 0 Å². The summed E-state index contributed by atoms with van der Waals surface area (Å²) in [5, 5.41) is 5.63. The molecular formula is C13H12Cl2N2S. The average Bonchev–Trinajstić information content (AvgIpc) is 2.39. The van der Waals surface area contributed by atoms with Crippen molar-refractivity contribution in [3.8, 4) is 0 Å². The van der Waals surface area contributed by atoms with E-state index in [0.29, 0.717) is 5.02 Å². The van der Waals surface area contributed by atoms with Crippen LogP contribution < -0.4 is 5.32 Å². The molecule has 0 radical (unpaired) electrons. The first kappa shape index (κ1) is 13.5. The van der Waals surface area contributed by atoms with Gasteiger partial charge in [0.25, 0.3) is 0 Å². The van der Waals surface area contributed by atoms with E-state index in [4.69, 9.17) is 23.2 Å². The summed E-state index contributed by atoms with van der Waals surface area (Å²) in [6.07, 6.45) is 1.75. The van der Waals surface area contributed by atoms with Crippen LogP contribution in [0.1, 0.15) is 0 Å². The average molecular weight is 299 g/mol. The van der Waals surface area contributed by atoms with Crippen LogP contribution in [0.2, 0.25) is 10.0 Å². The lowest BCUT2D eigenvalue weighted by atomic mass is 10.3. The molecule has 0 atom stereocenters. The minimum Gasteiger partial charge on any atom is -0.384 e. The number of hydrogen-bond acceptors (Lipinski definition) is 3. The Morgan fingerprint density at radius 3 is 2.61 bits per heavy atom. The molecule has 18 heavy (non-hydrogen) atoms. The lowest BCUT2D eigenvalue weighted by Crippen LogP contribution is -2.03. The van der Waals surface area contributed by atoms with Crippen molar-refractivity contribution in [2.75, 3.05) is 17.6 Å². The molecule has 1 N–H and O–H groups in total. The molecule has 2 aromatic rings. The van der Waals surface area contributed by atoms with E-state index < -0.39 is 0 Å². The Labute approximate surface area is 121 Å². The van der Waals surface area contributed by atoms with Gasteiger partial charge in [-0.3, -0.25) is 0 Å². The number of nitrogens with zero attached hydrogens (tertiary/aromatic N) is 1. The standard InChI is InChI=1S/C13H12Cl2N2S/c14-10-3-5-11(6-4-10)16-8-9-18-13-12(15)2-1-7-17-13/h1-7,16H,8-9H2. The van der Waals surface area contributed by atoms with Crippen molar-refractivity contribution in [2.45, 2.75) is 5.03 Å². The van der Waals surface area contributed by atoms with Crippen molar-refractivity contribution in [1.82, 2.24) is 4.98 Å². The summed E-state index contributed by atoms with van der Waals surface area (Å²) in [6.45, 7) is 0.846. The van der Waals surface area contributed by atoms with Gasteiger partial charge >= 0.3 is 0 Å². The highest BCUT2D eigenvalue weighted by molar-refractivity contribution is 7.99. The number of pyridine rings is 1. The third-order valence-electron chi connectivity index (χ3n) is 2.24. The summed E-state index contributed by atoms with van der Waals surface area (Å²) in [5.41, 5.74) is 1.06. The molecule has 0 spiro atoms.